The molecule has 166 valence electrons. The molecule has 2 aromatic heterocycles. The number of morpholine rings is 1. The number of hydrogen-bond acceptors (Lipinski definition) is 9. The van der Waals surface area contributed by atoms with Gasteiger partial charge in [-0.05, 0) is 18.2 Å². The van der Waals surface area contributed by atoms with Crippen LogP contribution in [0.2, 0.25) is 0 Å². The lowest BCUT2D eigenvalue weighted by Gasteiger charge is -2.30. The number of benzene rings is 1. The quantitative estimate of drug-likeness (QED) is 0.504. The monoisotopic (exact) mass is 435 g/mol. The summed E-state index contributed by atoms with van der Waals surface area (Å²) >= 11 is 0. The summed E-state index contributed by atoms with van der Waals surface area (Å²) in [6.07, 6.45) is 4.82. The van der Waals surface area contributed by atoms with Gasteiger partial charge in [-0.25, -0.2) is 9.97 Å². The lowest BCUT2D eigenvalue weighted by molar-refractivity contribution is 0.102. The first-order valence-electron chi connectivity index (χ1n) is 10.3. The molecule has 3 heterocycles. The van der Waals surface area contributed by atoms with Gasteiger partial charge in [-0.2, -0.15) is 0 Å². The van der Waals surface area contributed by atoms with Gasteiger partial charge in [0.15, 0.2) is 11.5 Å². The lowest BCUT2D eigenvalue weighted by Crippen LogP contribution is -2.36. The third-order valence-corrected chi connectivity index (χ3v) is 4.93. The van der Waals surface area contributed by atoms with E-state index in [1.807, 2.05) is 30.3 Å². The fourth-order valence-electron chi connectivity index (χ4n) is 3.37. The Bertz CT molecular complexity index is 1090. The van der Waals surface area contributed by atoms with E-state index in [0.717, 1.165) is 24.3 Å². The van der Waals surface area contributed by atoms with Crippen molar-refractivity contribution in [3.05, 3.63) is 54.6 Å². The van der Waals surface area contributed by atoms with E-state index in [2.05, 4.69) is 25.2 Å². The van der Waals surface area contributed by atoms with Crippen LogP contribution >= 0.6 is 0 Å². The van der Waals surface area contributed by atoms with E-state index in [1.54, 1.807) is 12.4 Å². The minimum atomic E-state index is -0.463. The van der Waals surface area contributed by atoms with Crippen LogP contribution in [0.25, 0.3) is 11.3 Å². The molecular formula is C22H25N7O3. The van der Waals surface area contributed by atoms with Crippen LogP contribution in [0.5, 0.6) is 5.75 Å². The normalized spacial score (nSPS) is 13.6. The minimum absolute atomic E-state index is 0.0348. The number of carbonyl (C=O) groups excluding carboxylic acids is 1. The number of nitrogens with zero attached hydrogens (tertiary/aromatic N) is 4. The summed E-state index contributed by atoms with van der Waals surface area (Å²) in [7, 11) is 0. The second-order valence-corrected chi connectivity index (χ2v) is 7.10. The van der Waals surface area contributed by atoms with Crippen LogP contribution in [0.3, 0.4) is 0 Å². The number of aromatic nitrogens is 3. The van der Waals surface area contributed by atoms with Gasteiger partial charge in [-0.3, -0.25) is 9.78 Å². The summed E-state index contributed by atoms with van der Waals surface area (Å²) in [5, 5.41) is 2.88. The Morgan fingerprint density at radius 2 is 2.06 bits per heavy atom. The number of pyridine rings is 1. The Labute approximate surface area is 185 Å². The van der Waals surface area contributed by atoms with Crippen molar-refractivity contribution >= 4 is 23.1 Å². The molecule has 1 amide bonds. The van der Waals surface area contributed by atoms with Crippen LogP contribution in [0, 0.1) is 0 Å². The molecular weight excluding hydrogens is 410 g/mol. The smallest absolute Gasteiger partial charge is 0.278 e. The maximum absolute atomic E-state index is 13.1. The largest absolute Gasteiger partial charge is 0.492 e. The van der Waals surface area contributed by atoms with Crippen molar-refractivity contribution in [2.75, 3.05) is 55.4 Å². The predicted octanol–water partition coefficient (Wildman–Crippen LogP) is 1.55. The summed E-state index contributed by atoms with van der Waals surface area (Å²) in [6, 6.07) is 9.19. The van der Waals surface area contributed by atoms with Crippen LogP contribution in [0.1, 0.15) is 10.5 Å². The highest BCUT2D eigenvalue weighted by Crippen LogP contribution is 2.27. The van der Waals surface area contributed by atoms with E-state index in [-0.39, 0.29) is 11.5 Å². The van der Waals surface area contributed by atoms with Gasteiger partial charge in [0, 0.05) is 31.4 Å². The van der Waals surface area contributed by atoms with Gasteiger partial charge in [0.05, 0.1) is 42.7 Å². The Balaban J connectivity index is 1.58. The number of nitrogens with two attached hydrogens (primary N) is 2. The van der Waals surface area contributed by atoms with Crippen LogP contribution in [-0.2, 0) is 4.74 Å². The summed E-state index contributed by atoms with van der Waals surface area (Å²) in [5.41, 5.74) is 14.2. The minimum Gasteiger partial charge on any atom is -0.492 e. The van der Waals surface area contributed by atoms with Crippen LogP contribution in [0.15, 0.2) is 48.9 Å². The van der Waals surface area contributed by atoms with Gasteiger partial charge in [-0.1, -0.05) is 12.1 Å². The molecule has 1 aliphatic rings. The first-order chi connectivity index (χ1) is 15.7. The fraction of sp³-hybridized carbons (Fsp3) is 0.273. The lowest BCUT2D eigenvalue weighted by atomic mass is 10.1. The summed E-state index contributed by atoms with van der Waals surface area (Å²) in [6.45, 7) is 3.53. The Kier molecular flexibility index (Phi) is 6.73. The predicted molar refractivity (Wildman–Crippen MR) is 122 cm³/mol. The molecule has 1 saturated heterocycles. The molecule has 1 aliphatic heterocycles. The van der Waals surface area contributed by atoms with Gasteiger partial charge in [0.2, 0.25) is 0 Å². The average molecular weight is 435 g/mol. The highest BCUT2D eigenvalue weighted by molar-refractivity contribution is 6.07. The molecule has 0 atom stereocenters. The summed E-state index contributed by atoms with van der Waals surface area (Å²) < 4.78 is 11.0. The SMILES string of the molecule is NCCOc1cccc(-c2cnc(N)c(C(=O)Nc3cnccc3N3CCOCC3)n2)c1. The number of nitrogen functional groups attached to an aromatic ring is 1. The third-order valence-electron chi connectivity index (χ3n) is 4.93. The van der Waals surface area contributed by atoms with Crippen molar-refractivity contribution < 1.29 is 14.3 Å². The molecule has 4 rings (SSSR count). The van der Waals surface area contributed by atoms with Crippen molar-refractivity contribution in [3.8, 4) is 17.0 Å². The van der Waals surface area contributed by atoms with Gasteiger partial charge >= 0.3 is 0 Å². The Hall–Kier alpha value is -3.76. The van der Waals surface area contributed by atoms with Gasteiger partial charge in [0.1, 0.15) is 12.4 Å². The molecule has 0 spiro atoms. The van der Waals surface area contributed by atoms with Crippen molar-refractivity contribution in [1.29, 1.82) is 0 Å². The highest BCUT2D eigenvalue weighted by Gasteiger charge is 2.20. The van der Waals surface area contributed by atoms with Gasteiger partial charge in [-0.15, -0.1) is 0 Å². The Morgan fingerprint density at radius 3 is 2.88 bits per heavy atom. The van der Waals surface area contributed by atoms with Crippen LogP contribution in [-0.4, -0.2) is 60.3 Å². The number of anilines is 3. The number of amides is 1. The molecule has 1 fully saturated rings. The van der Waals surface area contributed by atoms with Crippen molar-refractivity contribution in [1.82, 2.24) is 15.0 Å². The first kappa shape index (κ1) is 21.5. The second-order valence-electron chi connectivity index (χ2n) is 7.10. The van der Waals surface area contributed by atoms with E-state index in [4.69, 9.17) is 20.9 Å². The maximum atomic E-state index is 13.1. The maximum Gasteiger partial charge on any atom is 0.278 e. The number of rotatable bonds is 7. The molecule has 1 aromatic carbocycles. The number of carbonyl (C=O) groups is 1. The van der Waals surface area contributed by atoms with Crippen LogP contribution in [0.4, 0.5) is 17.2 Å². The van der Waals surface area contributed by atoms with Gasteiger partial charge < -0.3 is 31.2 Å². The highest BCUT2D eigenvalue weighted by atomic mass is 16.5. The fourth-order valence-corrected chi connectivity index (χ4v) is 3.37. The zero-order valence-electron chi connectivity index (χ0n) is 17.5. The standard InChI is InChI=1S/C22H25N7O3/c23-5-9-32-16-3-1-2-15(12-16)17-14-26-21(24)20(27-17)22(30)28-18-13-25-6-4-19(18)29-7-10-31-11-8-29/h1-4,6,12-14H,5,7-11,23H2,(H2,24,26)(H,28,30). The second kappa shape index (κ2) is 10.0. The molecule has 0 radical (unpaired) electrons. The first-order valence-corrected chi connectivity index (χ1v) is 10.3. The van der Waals surface area contributed by atoms with E-state index in [1.165, 1.54) is 6.20 Å². The van der Waals surface area contributed by atoms with Crippen LogP contribution < -0.4 is 26.4 Å². The Morgan fingerprint density at radius 1 is 1.22 bits per heavy atom. The van der Waals surface area contributed by atoms with E-state index >= 15 is 0 Å². The topological polar surface area (TPSA) is 142 Å². The molecule has 32 heavy (non-hydrogen) atoms. The zero-order valence-corrected chi connectivity index (χ0v) is 17.5. The molecule has 0 aliphatic carbocycles. The third kappa shape index (κ3) is 4.93. The zero-order chi connectivity index (χ0) is 22.3. The molecule has 10 heteroatoms. The van der Waals surface area contributed by atoms with Crippen molar-refractivity contribution in [2.24, 2.45) is 5.73 Å². The number of nitrogens with one attached hydrogen (secondary N) is 1. The van der Waals surface area contributed by atoms with Crippen molar-refractivity contribution in [3.63, 3.8) is 0 Å². The van der Waals surface area contributed by atoms with Gasteiger partial charge in [0.25, 0.3) is 5.91 Å². The molecule has 0 saturated carbocycles. The average Bonchev–Trinajstić information content (AvgIpc) is 2.84. The summed E-state index contributed by atoms with van der Waals surface area (Å²) in [4.78, 5) is 28.0. The molecule has 10 nitrogen and oxygen atoms in total. The van der Waals surface area contributed by atoms with Crippen molar-refractivity contribution in [2.45, 2.75) is 0 Å². The number of ether oxygens (including phenoxy) is 2. The summed E-state index contributed by atoms with van der Waals surface area (Å²) in [5.74, 6) is 0.233. The van der Waals surface area contributed by atoms with E-state index in [9.17, 15) is 4.79 Å². The molecule has 3 aromatic rings. The molecule has 0 unspecified atom stereocenters. The van der Waals surface area contributed by atoms with E-state index < -0.39 is 5.91 Å². The van der Waals surface area contributed by atoms with E-state index in [0.29, 0.717) is 43.5 Å². The number of hydrogen-bond donors (Lipinski definition) is 3. The molecule has 0 bridgehead atoms. The molecule has 5 N–H and O–H groups in total.